The van der Waals surface area contributed by atoms with E-state index in [1.165, 1.54) is 5.56 Å². The number of thioether (sulfide) groups is 1. The van der Waals surface area contributed by atoms with Crippen LogP contribution in [0, 0.1) is 5.41 Å². The third-order valence-electron chi connectivity index (χ3n) is 2.50. The molecule has 0 heterocycles. The van der Waals surface area contributed by atoms with Crippen LogP contribution < -0.4 is 5.73 Å². The van der Waals surface area contributed by atoms with Crippen molar-refractivity contribution in [2.45, 2.75) is 10.6 Å². The Labute approximate surface area is 116 Å². The predicted molar refractivity (Wildman–Crippen MR) is 78.5 cm³/mol. The summed E-state index contributed by atoms with van der Waals surface area (Å²) in [7, 11) is 0. The Morgan fingerprint density at radius 2 is 1.78 bits per heavy atom. The summed E-state index contributed by atoms with van der Waals surface area (Å²) < 4.78 is 0. The molecule has 2 aromatic rings. The van der Waals surface area contributed by atoms with Crippen LogP contribution >= 0.6 is 23.4 Å². The number of nitrogens with one attached hydrogen (secondary N) is 1. The van der Waals surface area contributed by atoms with Gasteiger partial charge in [-0.3, -0.25) is 5.41 Å². The Hall–Kier alpha value is -1.45. The molecule has 0 saturated carbocycles. The summed E-state index contributed by atoms with van der Waals surface area (Å²) in [4.78, 5) is 1.08. The smallest absolute Gasteiger partial charge is 0.122 e. The van der Waals surface area contributed by atoms with E-state index >= 15 is 0 Å². The van der Waals surface area contributed by atoms with Crippen LogP contribution in [-0.4, -0.2) is 5.84 Å². The van der Waals surface area contributed by atoms with Crippen LogP contribution in [0.5, 0.6) is 0 Å². The molecular weight excluding hydrogens is 264 g/mol. The quantitative estimate of drug-likeness (QED) is 0.505. The van der Waals surface area contributed by atoms with Gasteiger partial charge in [-0.05, 0) is 17.7 Å². The molecule has 0 spiro atoms. The minimum atomic E-state index is 0.0975. The lowest BCUT2D eigenvalue weighted by Gasteiger charge is -2.05. The van der Waals surface area contributed by atoms with E-state index in [2.05, 4.69) is 0 Å². The third-order valence-corrected chi connectivity index (χ3v) is 4.08. The van der Waals surface area contributed by atoms with Crippen LogP contribution in [0.1, 0.15) is 11.1 Å². The summed E-state index contributed by atoms with van der Waals surface area (Å²) in [6.07, 6.45) is 0. The zero-order chi connectivity index (χ0) is 13.0. The maximum absolute atomic E-state index is 7.33. The molecule has 0 amide bonds. The fourth-order valence-electron chi connectivity index (χ4n) is 1.50. The molecule has 0 fully saturated rings. The van der Waals surface area contributed by atoms with Crippen LogP contribution in [0.15, 0.2) is 53.4 Å². The molecule has 0 aromatic heterocycles. The summed E-state index contributed by atoms with van der Waals surface area (Å²) in [6.45, 7) is 0. The molecule has 0 unspecified atom stereocenters. The molecule has 0 radical (unpaired) electrons. The van der Waals surface area contributed by atoms with Crippen LogP contribution in [-0.2, 0) is 5.75 Å². The highest BCUT2D eigenvalue weighted by Crippen LogP contribution is 2.29. The number of rotatable bonds is 4. The highest BCUT2D eigenvalue weighted by atomic mass is 35.5. The summed E-state index contributed by atoms with van der Waals surface area (Å²) in [5, 5.41) is 8.11. The number of hydrogen-bond donors (Lipinski definition) is 2. The molecule has 0 aliphatic heterocycles. The molecule has 2 rings (SSSR count). The van der Waals surface area contributed by atoms with Crippen molar-refractivity contribution in [2.75, 3.05) is 0 Å². The average molecular weight is 277 g/mol. The van der Waals surface area contributed by atoms with Gasteiger partial charge < -0.3 is 5.73 Å². The van der Waals surface area contributed by atoms with Crippen molar-refractivity contribution in [1.82, 2.24) is 0 Å². The van der Waals surface area contributed by atoms with Crippen molar-refractivity contribution in [3.8, 4) is 0 Å². The molecule has 0 aliphatic carbocycles. The summed E-state index contributed by atoms with van der Waals surface area (Å²) in [5.41, 5.74) is 7.35. The van der Waals surface area contributed by atoms with Gasteiger partial charge in [0.05, 0.1) is 5.02 Å². The van der Waals surface area contributed by atoms with Gasteiger partial charge in [-0.15, -0.1) is 11.8 Å². The van der Waals surface area contributed by atoms with Gasteiger partial charge in [0.1, 0.15) is 5.84 Å². The Kier molecular flexibility index (Phi) is 4.28. The van der Waals surface area contributed by atoms with Crippen molar-refractivity contribution >= 4 is 29.2 Å². The number of benzene rings is 2. The first-order valence-electron chi connectivity index (χ1n) is 5.47. The average Bonchev–Trinajstić information content (AvgIpc) is 2.38. The fourth-order valence-corrected chi connectivity index (χ4v) is 2.70. The monoisotopic (exact) mass is 276 g/mol. The second-order valence-electron chi connectivity index (χ2n) is 3.83. The van der Waals surface area contributed by atoms with Crippen LogP contribution in [0.3, 0.4) is 0 Å². The van der Waals surface area contributed by atoms with Gasteiger partial charge in [0, 0.05) is 16.2 Å². The molecule has 4 heteroatoms. The molecule has 92 valence electrons. The molecule has 2 nitrogen and oxygen atoms in total. The lowest BCUT2D eigenvalue weighted by Crippen LogP contribution is -2.10. The summed E-state index contributed by atoms with van der Waals surface area (Å²) in [5.74, 6) is 0.947. The first-order valence-corrected chi connectivity index (χ1v) is 6.84. The summed E-state index contributed by atoms with van der Waals surface area (Å²) in [6, 6.07) is 15.5. The van der Waals surface area contributed by atoms with Crippen molar-refractivity contribution in [3.05, 3.63) is 64.7 Å². The molecule has 0 aliphatic rings. The maximum atomic E-state index is 7.33. The van der Waals surface area contributed by atoms with Crippen LogP contribution in [0.2, 0.25) is 5.02 Å². The van der Waals surface area contributed by atoms with E-state index in [1.54, 1.807) is 11.8 Å². The molecule has 0 bridgehead atoms. The highest BCUT2D eigenvalue weighted by molar-refractivity contribution is 7.98. The number of hydrogen-bond acceptors (Lipinski definition) is 2. The van der Waals surface area contributed by atoms with Crippen molar-refractivity contribution in [2.24, 2.45) is 5.73 Å². The van der Waals surface area contributed by atoms with Gasteiger partial charge in [0.25, 0.3) is 0 Å². The van der Waals surface area contributed by atoms with E-state index in [0.29, 0.717) is 0 Å². The molecule has 18 heavy (non-hydrogen) atoms. The van der Waals surface area contributed by atoms with Gasteiger partial charge in [-0.1, -0.05) is 48.0 Å². The van der Waals surface area contributed by atoms with E-state index in [1.807, 2.05) is 48.5 Å². The number of amidine groups is 1. The SMILES string of the molecule is N=C(N)c1ccc(CSc2ccccc2Cl)cc1. The zero-order valence-corrected chi connectivity index (χ0v) is 11.3. The lowest BCUT2D eigenvalue weighted by atomic mass is 10.1. The van der Waals surface area contributed by atoms with Gasteiger partial charge in [-0.25, -0.2) is 0 Å². The second-order valence-corrected chi connectivity index (χ2v) is 5.25. The molecule has 2 aromatic carbocycles. The van der Waals surface area contributed by atoms with E-state index in [-0.39, 0.29) is 5.84 Å². The standard InChI is InChI=1S/C14H13ClN2S/c15-12-3-1-2-4-13(12)18-9-10-5-7-11(8-6-10)14(16)17/h1-8H,9H2,(H3,16,17). The second kappa shape index (κ2) is 5.94. The predicted octanol–water partition coefficient (Wildman–Crippen LogP) is 3.92. The Morgan fingerprint density at radius 3 is 2.39 bits per heavy atom. The largest absolute Gasteiger partial charge is 0.384 e. The van der Waals surface area contributed by atoms with E-state index < -0.39 is 0 Å². The number of nitrogen functional groups attached to an aromatic ring is 1. The molecular formula is C14H13ClN2S. The van der Waals surface area contributed by atoms with Gasteiger partial charge >= 0.3 is 0 Å². The van der Waals surface area contributed by atoms with Crippen LogP contribution in [0.4, 0.5) is 0 Å². The van der Waals surface area contributed by atoms with Crippen molar-refractivity contribution < 1.29 is 0 Å². The normalized spacial score (nSPS) is 10.3. The van der Waals surface area contributed by atoms with Gasteiger partial charge in [0.2, 0.25) is 0 Å². The minimum absolute atomic E-state index is 0.0975. The Morgan fingerprint density at radius 1 is 1.11 bits per heavy atom. The van der Waals surface area contributed by atoms with E-state index in [4.69, 9.17) is 22.7 Å². The van der Waals surface area contributed by atoms with Gasteiger partial charge in [0.15, 0.2) is 0 Å². The molecule has 0 atom stereocenters. The lowest BCUT2D eigenvalue weighted by molar-refractivity contribution is 1.36. The van der Waals surface area contributed by atoms with Crippen molar-refractivity contribution in [3.63, 3.8) is 0 Å². The van der Waals surface area contributed by atoms with Gasteiger partial charge in [-0.2, -0.15) is 0 Å². The topological polar surface area (TPSA) is 49.9 Å². The third kappa shape index (κ3) is 3.28. The number of halogens is 1. The van der Waals surface area contributed by atoms with Crippen LogP contribution in [0.25, 0.3) is 0 Å². The zero-order valence-electron chi connectivity index (χ0n) is 9.69. The Balaban J connectivity index is 2.02. The number of nitrogens with two attached hydrogens (primary N) is 1. The van der Waals surface area contributed by atoms with E-state index in [0.717, 1.165) is 21.2 Å². The Bertz CT molecular complexity index is 552. The van der Waals surface area contributed by atoms with E-state index in [9.17, 15) is 0 Å². The minimum Gasteiger partial charge on any atom is -0.384 e. The first-order chi connectivity index (χ1) is 8.66. The molecule has 3 N–H and O–H groups in total. The fraction of sp³-hybridized carbons (Fsp3) is 0.0714. The summed E-state index contributed by atoms with van der Waals surface area (Å²) >= 11 is 7.79. The highest BCUT2D eigenvalue weighted by Gasteiger charge is 2.01. The molecule has 0 saturated heterocycles. The maximum Gasteiger partial charge on any atom is 0.122 e. The first kappa shape index (κ1) is 13.0. The van der Waals surface area contributed by atoms with Crippen molar-refractivity contribution in [1.29, 1.82) is 5.41 Å².